The summed E-state index contributed by atoms with van der Waals surface area (Å²) in [6.07, 6.45) is 6.68. The first-order valence-corrected chi connectivity index (χ1v) is 8.85. The minimum absolute atomic E-state index is 0.0162. The van der Waals surface area contributed by atoms with Gasteiger partial charge in [-0.05, 0) is 31.2 Å². The summed E-state index contributed by atoms with van der Waals surface area (Å²) in [5.41, 5.74) is 0. The third-order valence-electron chi connectivity index (χ3n) is 4.42. The maximum absolute atomic E-state index is 12.3. The number of carbonyl (C=O) groups is 1. The topological polar surface area (TPSA) is 41.6 Å². The van der Waals surface area contributed by atoms with Crippen LogP contribution in [0.15, 0.2) is 17.5 Å². The molecule has 0 radical (unpaired) electrons. The molecule has 1 aliphatic heterocycles. The highest BCUT2D eigenvalue weighted by Crippen LogP contribution is 2.28. The Bertz CT molecular complexity index is 457. The summed E-state index contributed by atoms with van der Waals surface area (Å²) in [7, 11) is 0. The van der Waals surface area contributed by atoms with Crippen molar-refractivity contribution in [1.82, 2.24) is 10.2 Å². The van der Waals surface area contributed by atoms with Crippen LogP contribution in [-0.4, -0.2) is 36.1 Å². The van der Waals surface area contributed by atoms with Gasteiger partial charge in [0.15, 0.2) is 0 Å². The van der Waals surface area contributed by atoms with E-state index in [4.69, 9.17) is 4.74 Å². The lowest BCUT2D eigenvalue weighted by molar-refractivity contribution is -0.131. The Morgan fingerprint density at radius 1 is 1.38 bits per heavy atom. The molecule has 5 heteroatoms. The normalized spacial score (nSPS) is 27.5. The van der Waals surface area contributed by atoms with Crippen LogP contribution in [0.25, 0.3) is 0 Å². The first kappa shape index (κ1) is 15.0. The molecular weight excluding hydrogens is 284 g/mol. The molecule has 2 heterocycles. The zero-order valence-corrected chi connectivity index (χ0v) is 13.4. The maximum Gasteiger partial charge on any atom is 0.241 e. The fourth-order valence-corrected chi connectivity index (χ4v) is 4.04. The lowest BCUT2D eigenvalue weighted by Gasteiger charge is -2.26. The van der Waals surface area contributed by atoms with Crippen LogP contribution in [0.4, 0.5) is 0 Å². The molecule has 2 aliphatic rings. The standard InChI is InChI=1S/C16H24N2O2S/c1-12-16(19)18(15(17-12)14-8-5-11-21-14)9-10-20-13-6-3-2-4-7-13/h5,8,11-13,15,17H,2-4,6-7,9-10H2,1H3. The first-order chi connectivity index (χ1) is 10.3. The van der Waals surface area contributed by atoms with Crippen LogP contribution in [0, 0.1) is 0 Å². The van der Waals surface area contributed by atoms with E-state index in [9.17, 15) is 4.79 Å². The van der Waals surface area contributed by atoms with Gasteiger partial charge in [-0.3, -0.25) is 10.1 Å². The van der Waals surface area contributed by atoms with Gasteiger partial charge in [-0.2, -0.15) is 0 Å². The zero-order chi connectivity index (χ0) is 14.7. The van der Waals surface area contributed by atoms with E-state index >= 15 is 0 Å². The molecule has 1 N–H and O–H groups in total. The highest BCUT2D eigenvalue weighted by Gasteiger charge is 2.37. The Hall–Kier alpha value is -0.910. The molecule has 1 aromatic rings. The van der Waals surface area contributed by atoms with E-state index in [1.807, 2.05) is 17.9 Å². The summed E-state index contributed by atoms with van der Waals surface area (Å²) in [4.78, 5) is 15.4. The van der Waals surface area contributed by atoms with Crippen LogP contribution in [0.1, 0.15) is 50.1 Å². The first-order valence-electron chi connectivity index (χ1n) is 7.97. The average Bonchev–Trinajstić information content (AvgIpc) is 3.12. The summed E-state index contributed by atoms with van der Waals surface area (Å²) >= 11 is 1.69. The van der Waals surface area contributed by atoms with E-state index in [2.05, 4.69) is 16.8 Å². The number of ether oxygens (including phenoxy) is 1. The summed E-state index contributed by atoms with van der Waals surface area (Å²) in [6.45, 7) is 3.26. The van der Waals surface area contributed by atoms with Gasteiger partial charge in [0.25, 0.3) is 0 Å². The Morgan fingerprint density at radius 2 is 2.19 bits per heavy atom. The highest BCUT2D eigenvalue weighted by atomic mass is 32.1. The van der Waals surface area contributed by atoms with Gasteiger partial charge in [0.1, 0.15) is 6.17 Å². The van der Waals surface area contributed by atoms with E-state index in [1.165, 1.54) is 37.0 Å². The van der Waals surface area contributed by atoms with E-state index in [0.29, 0.717) is 19.3 Å². The second kappa shape index (κ2) is 6.90. The largest absolute Gasteiger partial charge is 0.376 e. The number of hydrogen-bond donors (Lipinski definition) is 1. The van der Waals surface area contributed by atoms with E-state index in [1.54, 1.807) is 11.3 Å². The SMILES string of the molecule is CC1NC(c2cccs2)N(CCOC2CCCCC2)C1=O. The Morgan fingerprint density at radius 3 is 2.90 bits per heavy atom. The van der Waals surface area contributed by atoms with Gasteiger partial charge in [0.05, 0.1) is 18.8 Å². The molecule has 21 heavy (non-hydrogen) atoms. The second-order valence-corrected chi connectivity index (χ2v) is 6.95. The Labute approximate surface area is 130 Å². The van der Waals surface area contributed by atoms with Crippen molar-refractivity contribution >= 4 is 17.2 Å². The van der Waals surface area contributed by atoms with Crippen LogP contribution in [-0.2, 0) is 9.53 Å². The van der Waals surface area contributed by atoms with Crippen molar-refractivity contribution in [2.75, 3.05) is 13.2 Å². The van der Waals surface area contributed by atoms with Crippen molar-refractivity contribution < 1.29 is 9.53 Å². The van der Waals surface area contributed by atoms with Crippen LogP contribution < -0.4 is 5.32 Å². The number of amides is 1. The van der Waals surface area contributed by atoms with Crippen LogP contribution in [0.3, 0.4) is 0 Å². The number of nitrogens with zero attached hydrogens (tertiary/aromatic N) is 1. The molecule has 0 aromatic carbocycles. The minimum Gasteiger partial charge on any atom is -0.376 e. The van der Waals surface area contributed by atoms with E-state index in [-0.39, 0.29) is 18.1 Å². The summed E-state index contributed by atoms with van der Waals surface area (Å²) in [6, 6.07) is 4.01. The number of hydrogen-bond acceptors (Lipinski definition) is 4. The molecule has 2 atom stereocenters. The molecule has 1 saturated heterocycles. The van der Waals surface area contributed by atoms with Crippen molar-refractivity contribution in [3.63, 3.8) is 0 Å². The third kappa shape index (κ3) is 3.47. The van der Waals surface area contributed by atoms with Crippen molar-refractivity contribution in [2.24, 2.45) is 0 Å². The summed E-state index contributed by atoms with van der Waals surface area (Å²) in [5, 5.41) is 5.43. The lowest BCUT2D eigenvalue weighted by atomic mass is 9.98. The van der Waals surface area contributed by atoms with Crippen LogP contribution in [0.2, 0.25) is 0 Å². The average molecular weight is 308 g/mol. The molecule has 1 aromatic heterocycles. The van der Waals surface area contributed by atoms with Gasteiger partial charge in [-0.1, -0.05) is 25.3 Å². The van der Waals surface area contributed by atoms with Crippen LogP contribution in [0.5, 0.6) is 0 Å². The van der Waals surface area contributed by atoms with E-state index < -0.39 is 0 Å². The molecule has 0 bridgehead atoms. The molecular formula is C16H24N2O2S. The number of rotatable bonds is 5. The monoisotopic (exact) mass is 308 g/mol. The minimum atomic E-state index is -0.105. The maximum atomic E-state index is 12.3. The third-order valence-corrected chi connectivity index (χ3v) is 5.35. The van der Waals surface area contributed by atoms with Gasteiger partial charge in [-0.25, -0.2) is 0 Å². The molecule has 4 nitrogen and oxygen atoms in total. The number of carbonyl (C=O) groups excluding carboxylic acids is 1. The van der Waals surface area contributed by atoms with E-state index in [0.717, 1.165) is 0 Å². The van der Waals surface area contributed by atoms with Gasteiger partial charge >= 0.3 is 0 Å². The predicted molar refractivity (Wildman–Crippen MR) is 84.2 cm³/mol. The molecule has 0 spiro atoms. The molecule has 1 aliphatic carbocycles. The van der Waals surface area contributed by atoms with Gasteiger partial charge in [0.2, 0.25) is 5.91 Å². The summed E-state index contributed by atoms with van der Waals surface area (Å²) < 4.78 is 5.98. The molecule has 1 amide bonds. The number of nitrogens with one attached hydrogen (secondary N) is 1. The Balaban J connectivity index is 1.55. The smallest absolute Gasteiger partial charge is 0.241 e. The quantitative estimate of drug-likeness (QED) is 0.909. The van der Waals surface area contributed by atoms with Crippen molar-refractivity contribution in [3.05, 3.63) is 22.4 Å². The van der Waals surface area contributed by atoms with Crippen molar-refractivity contribution in [2.45, 2.75) is 57.3 Å². The lowest BCUT2D eigenvalue weighted by Crippen LogP contribution is -2.34. The van der Waals surface area contributed by atoms with Gasteiger partial charge in [-0.15, -0.1) is 11.3 Å². The highest BCUT2D eigenvalue weighted by molar-refractivity contribution is 7.10. The second-order valence-electron chi connectivity index (χ2n) is 5.97. The number of thiophene rings is 1. The van der Waals surface area contributed by atoms with Gasteiger partial charge in [0, 0.05) is 11.4 Å². The van der Waals surface area contributed by atoms with Crippen molar-refractivity contribution in [3.8, 4) is 0 Å². The predicted octanol–water partition coefficient (Wildman–Crippen LogP) is 2.92. The molecule has 2 unspecified atom stereocenters. The molecule has 1 saturated carbocycles. The molecule has 3 rings (SSSR count). The Kier molecular flexibility index (Phi) is 4.93. The molecule has 116 valence electrons. The summed E-state index contributed by atoms with van der Waals surface area (Å²) in [5.74, 6) is 0.181. The van der Waals surface area contributed by atoms with Gasteiger partial charge < -0.3 is 9.64 Å². The van der Waals surface area contributed by atoms with Crippen molar-refractivity contribution in [1.29, 1.82) is 0 Å². The fraction of sp³-hybridized carbons (Fsp3) is 0.688. The zero-order valence-electron chi connectivity index (χ0n) is 12.6. The fourth-order valence-electron chi connectivity index (χ4n) is 3.25. The van der Waals surface area contributed by atoms with Crippen LogP contribution >= 0.6 is 11.3 Å². The molecule has 2 fully saturated rings.